The summed E-state index contributed by atoms with van der Waals surface area (Å²) in [5, 5.41) is 74.6. The Morgan fingerprint density at radius 3 is 1.78 bits per heavy atom. The van der Waals surface area contributed by atoms with Crippen LogP contribution in [0.25, 0.3) is 10.9 Å². The van der Waals surface area contributed by atoms with Gasteiger partial charge in [-0.1, -0.05) is 68.4 Å². The number of carbonyl (C=O) groups excluding carboxylic acids is 18. The Bertz CT molecular complexity index is 5030. The zero-order valence-corrected chi connectivity index (χ0v) is 72.1. The number of nitrogens with one attached hydrogen (secondary N) is 14. The summed E-state index contributed by atoms with van der Waals surface area (Å²) in [6.07, 6.45) is -7.58. The monoisotopic (exact) mass is 1810 g/mol. The summed E-state index contributed by atoms with van der Waals surface area (Å²) >= 11 is 0. The van der Waals surface area contributed by atoms with Gasteiger partial charge in [0.1, 0.15) is 115 Å². The molecule has 5 aliphatic heterocycles. The molecule has 1 aromatic heterocycles. The number of aromatic amines is 1. The molecule has 130 heavy (non-hydrogen) atoms. The van der Waals surface area contributed by atoms with Gasteiger partial charge in [-0.05, 0) is 148 Å². The van der Waals surface area contributed by atoms with E-state index in [2.05, 4.69) is 74.1 Å². The minimum Gasteiger partial charge on any atom is -0.508 e. The molecule has 20 N–H and O–H groups in total. The van der Waals surface area contributed by atoms with Crippen molar-refractivity contribution in [2.75, 3.05) is 26.2 Å². The van der Waals surface area contributed by atoms with E-state index in [1.807, 2.05) is 0 Å². The van der Waals surface area contributed by atoms with E-state index in [1.165, 1.54) is 90.8 Å². The van der Waals surface area contributed by atoms with Crippen LogP contribution in [-0.4, -0.2) is 265 Å². The van der Waals surface area contributed by atoms with Crippen LogP contribution in [0.4, 0.5) is 0 Å². The lowest BCUT2D eigenvalue weighted by Crippen LogP contribution is -2.62. The molecule has 5 aromatic rings. The highest BCUT2D eigenvalue weighted by Crippen LogP contribution is 2.27. The largest absolute Gasteiger partial charge is 0.508 e. The summed E-state index contributed by atoms with van der Waals surface area (Å²) in [4.78, 5) is 285. The van der Waals surface area contributed by atoms with Gasteiger partial charge in [0.2, 0.25) is 94.5 Å². The molecular formula is C88H111N17O25. The Balaban J connectivity index is 1.09. The number of carboxylic acids is 1. The predicted molar refractivity (Wildman–Crippen MR) is 458 cm³/mol. The Hall–Kier alpha value is -14.3. The van der Waals surface area contributed by atoms with E-state index in [0.717, 1.165) is 11.8 Å². The molecule has 10 rings (SSSR count). The summed E-state index contributed by atoms with van der Waals surface area (Å²) in [5.41, 5.74) is 7.67. The Morgan fingerprint density at radius 1 is 0.546 bits per heavy atom. The second-order valence-corrected chi connectivity index (χ2v) is 33.4. The molecule has 0 radical (unpaired) electrons. The number of nitrogens with two attached hydrogens (primary N) is 1. The molecule has 698 valence electrons. The SMILES string of the molecule is CC(=O)NC(Cc1ccc(O)cc1)C(=O)N1CCCC1C(=O)NC(CCC(N)=O)C(=O)NC1C(=O)NC(CC(C)C)C(=O)NC2CCCCNC(=O)CCC(C(=O)NC(Cc3ccc(O)cc3)C(=O)O)NC(=O)C3CCC(=O)OCC(NC(=O)C4CCCN4C(=O)C(Cc4ccc(O)cc4)NC2=O)C(=O)NC(CC(=O)OC1C)C(=O)NC(Cc1c[nH]c2ccccc12)C(=O)N3. The van der Waals surface area contributed by atoms with Gasteiger partial charge in [0.25, 0.3) is 0 Å². The third kappa shape index (κ3) is 27.9. The van der Waals surface area contributed by atoms with Crippen molar-refractivity contribution in [2.45, 2.75) is 240 Å². The van der Waals surface area contributed by atoms with Gasteiger partial charge in [-0.3, -0.25) is 86.3 Å². The first kappa shape index (κ1) is 97.9. The van der Waals surface area contributed by atoms with Gasteiger partial charge in [0.05, 0.1) is 6.42 Å². The maximum Gasteiger partial charge on any atom is 0.326 e. The van der Waals surface area contributed by atoms with Gasteiger partial charge in [-0.25, -0.2) is 4.79 Å². The second-order valence-electron chi connectivity index (χ2n) is 33.4. The smallest absolute Gasteiger partial charge is 0.326 e. The highest BCUT2D eigenvalue weighted by atomic mass is 16.5. The van der Waals surface area contributed by atoms with Crippen molar-refractivity contribution in [3.05, 3.63) is 126 Å². The number of aliphatic carboxylic acids is 1. The van der Waals surface area contributed by atoms with E-state index in [4.69, 9.17) is 15.2 Å². The number of hydrogen-bond donors (Lipinski definition) is 19. The maximum absolute atomic E-state index is 15.7. The number of rotatable bonds is 22. The molecule has 4 aromatic carbocycles. The van der Waals surface area contributed by atoms with Crippen molar-refractivity contribution in [3.63, 3.8) is 0 Å². The van der Waals surface area contributed by atoms with Crippen molar-refractivity contribution in [2.24, 2.45) is 11.7 Å². The highest BCUT2D eigenvalue weighted by Gasteiger charge is 2.45. The molecule has 6 heterocycles. The lowest BCUT2D eigenvalue weighted by Gasteiger charge is -2.31. The molecule has 0 saturated carbocycles. The minimum atomic E-state index is -2.30. The van der Waals surface area contributed by atoms with Crippen molar-refractivity contribution in [3.8, 4) is 17.2 Å². The third-order valence-electron chi connectivity index (χ3n) is 22.9. The molecular weight excluding hydrogens is 1700 g/mol. The van der Waals surface area contributed by atoms with Crippen molar-refractivity contribution < 1.29 is 121 Å². The summed E-state index contributed by atoms with van der Waals surface area (Å²) in [6, 6.07) is -1.83. The van der Waals surface area contributed by atoms with Gasteiger partial charge >= 0.3 is 17.9 Å². The maximum atomic E-state index is 15.7. The van der Waals surface area contributed by atoms with E-state index in [0.29, 0.717) is 33.2 Å². The molecule has 42 heteroatoms. The topological polar surface area (TPSA) is 628 Å². The number of carbonyl (C=O) groups is 19. The molecule has 15 unspecified atom stereocenters. The fourth-order valence-electron chi connectivity index (χ4n) is 16.1. The second kappa shape index (κ2) is 46.0. The van der Waals surface area contributed by atoms with Crippen LogP contribution in [0.2, 0.25) is 0 Å². The number of likely N-dealkylation sites (tertiary alicyclic amines) is 1. The average Bonchev–Trinajstić information content (AvgIpc) is 1.67. The summed E-state index contributed by atoms with van der Waals surface area (Å²) in [7, 11) is 0. The number of aromatic hydroxyl groups is 3. The number of ether oxygens (including phenoxy) is 2. The van der Waals surface area contributed by atoms with Crippen LogP contribution in [0.15, 0.2) is 103 Å². The number of cyclic esters (lactones) is 1. The number of primary amides is 1. The summed E-state index contributed by atoms with van der Waals surface area (Å²) in [6.45, 7) is 4.02. The van der Waals surface area contributed by atoms with E-state index in [9.17, 15) is 58.8 Å². The van der Waals surface area contributed by atoms with Crippen LogP contribution >= 0.6 is 0 Å². The fraction of sp³-hybridized carbons (Fsp3) is 0.489. The van der Waals surface area contributed by atoms with Crippen molar-refractivity contribution >= 4 is 123 Å². The minimum absolute atomic E-state index is 0.00141. The molecule has 4 bridgehead atoms. The Kier molecular flexibility index (Phi) is 34.6. The Morgan fingerprint density at radius 2 is 1.12 bits per heavy atom. The number of esters is 2. The predicted octanol–water partition coefficient (Wildman–Crippen LogP) is -2.48. The number of phenolic OH excluding ortho intramolecular Hbond substituents is 3. The van der Waals surface area contributed by atoms with E-state index >= 15 is 52.7 Å². The fourth-order valence-corrected chi connectivity index (χ4v) is 16.1. The van der Waals surface area contributed by atoms with Gasteiger partial charge in [0.15, 0.2) is 0 Å². The zero-order valence-electron chi connectivity index (χ0n) is 72.1. The number of aromatic nitrogens is 1. The highest BCUT2D eigenvalue weighted by molar-refractivity contribution is 6.02. The standard InChI is InChI=1S/C88H111N17O25/c1-45(2)37-61-79(118)93-57-13-7-8-34-90-71(111)32-29-59(77(116)101-66(88(127)128)40-50-20-26-54(109)27-21-50)94-76(115)60-30-33-72(112)129-44-67(102-84(123)69-15-10-36-105(69)87(126)65(100-75(57)114)39-49-18-24-53(108)25-19-49)82(121)98-63(81(120)97-62(80(119)95-60)41-51-43-91-56-12-6-5-11-55(51)56)42-73(113)130-46(3)74(85(124)99-61)103-78(117)58(28-31-70(89)110)96-83(122)68-14-9-35-104(68)86(125)64(92-47(4)106)38-48-16-22-52(107)23-17-48/h5-6,11-12,16-27,43,45-46,57-69,74,91,107-109H,7-10,13-15,28-42,44H2,1-4H3,(H2,89,110)(H,90,111)(H,92,106)(H,93,118)(H,94,115)(H,95,119)(H,96,122)(H,97,120)(H,98,121)(H,99,124)(H,100,114)(H,101,116)(H,102,123)(H,103,117)(H,127,128). The number of amides is 16. The Labute approximate surface area is 746 Å². The number of fused-ring (bicyclic) bond motifs is 13. The van der Waals surface area contributed by atoms with E-state index < -0.39 is 267 Å². The number of hydrogen-bond acceptors (Lipinski definition) is 24. The summed E-state index contributed by atoms with van der Waals surface area (Å²) < 4.78 is 11.7. The number of benzene rings is 4. The van der Waals surface area contributed by atoms with Gasteiger partial charge < -0.3 is 120 Å². The lowest BCUT2D eigenvalue weighted by atomic mass is 10.00. The van der Waals surface area contributed by atoms with Crippen molar-refractivity contribution in [1.29, 1.82) is 0 Å². The first-order valence-corrected chi connectivity index (χ1v) is 43.2. The van der Waals surface area contributed by atoms with Crippen LogP contribution in [0, 0.1) is 5.92 Å². The number of carboxylic acid groups (broad SMARTS) is 1. The number of para-hydroxylation sites is 1. The summed E-state index contributed by atoms with van der Waals surface area (Å²) in [5.74, 6) is -22.4. The lowest BCUT2D eigenvalue weighted by molar-refractivity contribution is -0.154. The number of phenols is 3. The van der Waals surface area contributed by atoms with Crippen LogP contribution in [0.3, 0.4) is 0 Å². The molecule has 16 amide bonds. The molecule has 15 atom stereocenters. The molecule has 42 nitrogen and oxygen atoms in total. The van der Waals surface area contributed by atoms with Crippen LogP contribution in [0.1, 0.15) is 146 Å². The number of nitrogens with zero attached hydrogens (tertiary/aromatic N) is 2. The van der Waals surface area contributed by atoms with E-state index in [-0.39, 0.29) is 108 Å². The normalized spacial score (nSPS) is 24.3. The van der Waals surface area contributed by atoms with Crippen LogP contribution in [0.5, 0.6) is 17.2 Å². The molecule has 5 saturated heterocycles. The molecule has 0 aliphatic carbocycles. The first-order chi connectivity index (χ1) is 61.9. The van der Waals surface area contributed by atoms with Gasteiger partial charge in [0, 0.05) is 88.6 Å². The average molecular weight is 1810 g/mol. The van der Waals surface area contributed by atoms with Gasteiger partial charge in [-0.15, -0.1) is 0 Å². The molecule has 5 fully saturated rings. The first-order valence-electron chi connectivity index (χ1n) is 43.2. The van der Waals surface area contributed by atoms with Crippen LogP contribution < -0.4 is 74.9 Å². The third-order valence-corrected chi connectivity index (χ3v) is 22.9. The quantitative estimate of drug-likeness (QED) is 0.0319. The molecule has 0 spiro atoms. The van der Waals surface area contributed by atoms with E-state index in [1.54, 1.807) is 38.1 Å². The molecule has 5 aliphatic rings. The van der Waals surface area contributed by atoms with Crippen molar-refractivity contribution in [1.82, 2.24) is 83.9 Å². The number of H-pyrrole nitrogens is 1. The zero-order chi connectivity index (χ0) is 94.2. The van der Waals surface area contributed by atoms with Gasteiger partial charge in [-0.2, -0.15) is 0 Å². The van der Waals surface area contributed by atoms with Crippen LogP contribution in [-0.2, 0) is 126 Å².